The molecule has 7 heteroatoms. The highest BCUT2D eigenvalue weighted by atomic mass is 32.2. The molecular weight excluding hydrogens is 290 g/mol. The minimum atomic E-state index is -3.51. The number of nitrogens with two attached hydrogens (primary N) is 1. The molecule has 1 heterocycles. The molecule has 118 valence electrons. The summed E-state index contributed by atoms with van der Waals surface area (Å²) in [5.41, 5.74) is 6.92. The summed E-state index contributed by atoms with van der Waals surface area (Å²) >= 11 is 0. The average molecular weight is 313 g/mol. The number of benzene rings is 1. The Balaban J connectivity index is 2.22. The van der Waals surface area contributed by atoms with Gasteiger partial charge in [0.1, 0.15) is 0 Å². The van der Waals surface area contributed by atoms with Gasteiger partial charge in [-0.05, 0) is 37.6 Å². The van der Waals surface area contributed by atoms with Gasteiger partial charge in [-0.15, -0.1) is 0 Å². The number of hydrogen-bond acceptors (Lipinski definition) is 5. The lowest BCUT2D eigenvalue weighted by Crippen LogP contribution is -2.36. The molecule has 0 amide bonds. The van der Waals surface area contributed by atoms with E-state index in [1.807, 2.05) is 0 Å². The zero-order chi connectivity index (χ0) is 15.5. The van der Waals surface area contributed by atoms with E-state index in [-0.39, 0.29) is 11.5 Å². The van der Waals surface area contributed by atoms with Crippen LogP contribution in [-0.2, 0) is 10.0 Å². The van der Waals surface area contributed by atoms with Crippen molar-refractivity contribution in [3.63, 3.8) is 0 Å². The van der Waals surface area contributed by atoms with Crippen molar-refractivity contribution in [2.45, 2.75) is 18.2 Å². The van der Waals surface area contributed by atoms with Gasteiger partial charge in [-0.25, -0.2) is 8.42 Å². The van der Waals surface area contributed by atoms with Gasteiger partial charge < -0.3 is 10.8 Å². The van der Waals surface area contributed by atoms with Crippen LogP contribution in [0.5, 0.6) is 0 Å². The summed E-state index contributed by atoms with van der Waals surface area (Å²) < 4.78 is 27.1. The SMILES string of the molecule is Cc1c(N)cccc1S(=O)(=O)N1CCCN(CCO)CC1. The van der Waals surface area contributed by atoms with E-state index in [2.05, 4.69) is 4.90 Å². The molecule has 0 spiro atoms. The molecule has 1 aromatic carbocycles. The highest BCUT2D eigenvalue weighted by Gasteiger charge is 2.28. The fourth-order valence-corrected chi connectivity index (χ4v) is 4.33. The number of aliphatic hydroxyl groups is 1. The number of hydrogen-bond donors (Lipinski definition) is 2. The number of sulfonamides is 1. The fraction of sp³-hybridized carbons (Fsp3) is 0.571. The lowest BCUT2D eigenvalue weighted by Gasteiger charge is -2.22. The fourth-order valence-electron chi connectivity index (χ4n) is 2.60. The van der Waals surface area contributed by atoms with Gasteiger partial charge in [-0.3, -0.25) is 4.90 Å². The van der Waals surface area contributed by atoms with Crippen molar-refractivity contribution in [3.05, 3.63) is 23.8 Å². The van der Waals surface area contributed by atoms with Crippen molar-refractivity contribution in [1.29, 1.82) is 0 Å². The molecule has 0 aliphatic carbocycles. The maximum atomic E-state index is 12.8. The molecular formula is C14H23N3O3S. The number of nitrogens with zero attached hydrogens (tertiary/aromatic N) is 2. The Morgan fingerprint density at radius 1 is 1.24 bits per heavy atom. The standard InChI is InChI=1S/C14H23N3O3S/c1-12-13(15)4-2-5-14(12)21(19,20)17-7-3-6-16(8-9-17)10-11-18/h2,4-5,18H,3,6-11,15H2,1H3. The Morgan fingerprint density at radius 2 is 2.00 bits per heavy atom. The maximum absolute atomic E-state index is 12.8. The first kappa shape index (κ1) is 16.2. The highest BCUT2D eigenvalue weighted by molar-refractivity contribution is 7.89. The molecule has 6 nitrogen and oxygen atoms in total. The predicted molar refractivity (Wildman–Crippen MR) is 82.5 cm³/mol. The van der Waals surface area contributed by atoms with Crippen molar-refractivity contribution in [2.75, 3.05) is 45.1 Å². The van der Waals surface area contributed by atoms with Gasteiger partial charge in [0, 0.05) is 31.9 Å². The van der Waals surface area contributed by atoms with Gasteiger partial charge in [0.2, 0.25) is 10.0 Å². The molecule has 0 aromatic heterocycles. The smallest absolute Gasteiger partial charge is 0.243 e. The van der Waals surface area contributed by atoms with Gasteiger partial charge in [0.15, 0.2) is 0 Å². The van der Waals surface area contributed by atoms with Gasteiger partial charge >= 0.3 is 0 Å². The Kier molecular flexibility index (Phi) is 5.21. The summed E-state index contributed by atoms with van der Waals surface area (Å²) in [5, 5.41) is 8.99. The Labute approximate surface area is 126 Å². The summed E-state index contributed by atoms with van der Waals surface area (Å²) in [7, 11) is -3.51. The van der Waals surface area contributed by atoms with Gasteiger partial charge in [0.25, 0.3) is 0 Å². The second kappa shape index (κ2) is 6.74. The molecule has 0 unspecified atom stereocenters. The summed E-state index contributed by atoms with van der Waals surface area (Å²) in [6.07, 6.45) is 0.764. The molecule has 0 bridgehead atoms. The van der Waals surface area contributed by atoms with E-state index in [1.54, 1.807) is 25.1 Å². The lowest BCUT2D eigenvalue weighted by atomic mass is 10.2. The summed E-state index contributed by atoms with van der Waals surface area (Å²) in [6, 6.07) is 4.99. The summed E-state index contributed by atoms with van der Waals surface area (Å²) in [6.45, 7) is 4.81. The van der Waals surface area contributed by atoms with Crippen LogP contribution in [0.15, 0.2) is 23.1 Å². The molecule has 0 atom stereocenters. The van der Waals surface area contributed by atoms with E-state index in [1.165, 1.54) is 4.31 Å². The van der Waals surface area contributed by atoms with Crippen molar-refractivity contribution >= 4 is 15.7 Å². The molecule has 3 N–H and O–H groups in total. The Hall–Kier alpha value is -1.15. The minimum absolute atomic E-state index is 0.0983. The van der Waals surface area contributed by atoms with Gasteiger partial charge in [-0.2, -0.15) is 4.31 Å². The van der Waals surface area contributed by atoms with E-state index < -0.39 is 10.0 Å². The zero-order valence-electron chi connectivity index (χ0n) is 12.3. The van der Waals surface area contributed by atoms with Crippen molar-refractivity contribution in [2.24, 2.45) is 0 Å². The van der Waals surface area contributed by atoms with Crippen LogP contribution >= 0.6 is 0 Å². The van der Waals surface area contributed by atoms with Crippen LogP contribution in [0.1, 0.15) is 12.0 Å². The van der Waals surface area contributed by atoms with Crippen LogP contribution in [-0.4, -0.2) is 62.1 Å². The molecule has 0 saturated carbocycles. The first-order valence-electron chi connectivity index (χ1n) is 7.15. The maximum Gasteiger partial charge on any atom is 0.243 e. The molecule has 1 fully saturated rings. The normalized spacial score (nSPS) is 18.6. The number of β-amino-alcohol motifs (C(OH)–C–C–N with tert-alkyl or cyclic N) is 1. The third kappa shape index (κ3) is 3.55. The van der Waals surface area contributed by atoms with E-state index in [0.717, 1.165) is 13.0 Å². The predicted octanol–water partition coefficient (Wildman–Crippen LogP) is 0.266. The monoisotopic (exact) mass is 313 g/mol. The van der Waals surface area contributed by atoms with Crippen LogP contribution in [0.3, 0.4) is 0 Å². The zero-order valence-corrected chi connectivity index (χ0v) is 13.1. The molecule has 21 heavy (non-hydrogen) atoms. The Bertz CT molecular complexity index is 589. The van der Waals surface area contributed by atoms with E-state index in [0.29, 0.717) is 37.4 Å². The average Bonchev–Trinajstić information content (AvgIpc) is 2.68. The molecule has 1 aliphatic rings. The number of aliphatic hydroxyl groups excluding tert-OH is 1. The van der Waals surface area contributed by atoms with Crippen LogP contribution in [0.2, 0.25) is 0 Å². The molecule has 0 radical (unpaired) electrons. The van der Waals surface area contributed by atoms with Crippen LogP contribution in [0.4, 0.5) is 5.69 Å². The van der Waals surface area contributed by atoms with E-state index >= 15 is 0 Å². The van der Waals surface area contributed by atoms with Crippen molar-refractivity contribution in [1.82, 2.24) is 9.21 Å². The summed E-state index contributed by atoms with van der Waals surface area (Å²) in [4.78, 5) is 2.37. The largest absolute Gasteiger partial charge is 0.398 e. The Morgan fingerprint density at radius 3 is 2.71 bits per heavy atom. The van der Waals surface area contributed by atoms with E-state index in [4.69, 9.17) is 10.8 Å². The lowest BCUT2D eigenvalue weighted by molar-refractivity contribution is 0.202. The number of anilines is 1. The van der Waals surface area contributed by atoms with Crippen molar-refractivity contribution < 1.29 is 13.5 Å². The second-order valence-electron chi connectivity index (χ2n) is 5.29. The number of rotatable bonds is 4. The topological polar surface area (TPSA) is 86.9 Å². The first-order chi connectivity index (χ1) is 9.96. The molecule has 1 aliphatic heterocycles. The molecule has 1 aromatic rings. The van der Waals surface area contributed by atoms with Crippen LogP contribution in [0, 0.1) is 6.92 Å². The summed E-state index contributed by atoms with van der Waals surface area (Å²) in [5.74, 6) is 0. The van der Waals surface area contributed by atoms with Crippen molar-refractivity contribution in [3.8, 4) is 0 Å². The molecule has 1 saturated heterocycles. The highest BCUT2D eigenvalue weighted by Crippen LogP contribution is 2.24. The van der Waals surface area contributed by atoms with Crippen LogP contribution < -0.4 is 5.73 Å². The third-order valence-corrected chi connectivity index (χ3v) is 5.95. The van der Waals surface area contributed by atoms with Crippen LogP contribution in [0.25, 0.3) is 0 Å². The van der Waals surface area contributed by atoms with Gasteiger partial charge in [0.05, 0.1) is 11.5 Å². The third-order valence-electron chi connectivity index (χ3n) is 3.91. The van der Waals surface area contributed by atoms with Gasteiger partial charge in [-0.1, -0.05) is 6.07 Å². The second-order valence-corrected chi connectivity index (χ2v) is 7.20. The molecule has 2 rings (SSSR count). The first-order valence-corrected chi connectivity index (χ1v) is 8.59. The number of nitrogen functional groups attached to an aromatic ring is 1. The van der Waals surface area contributed by atoms with E-state index in [9.17, 15) is 8.42 Å². The minimum Gasteiger partial charge on any atom is -0.398 e. The quantitative estimate of drug-likeness (QED) is 0.779.